The second kappa shape index (κ2) is 7.60. The number of ether oxygens (including phenoxy) is 3. The fraction of sp³-hybridized carbons (Fsp3) is 0.909. The van der Waals surface area contributed by atoms with E-state index in [9.17, 15) is 4.79 Å². The fourth-order valence-electron chi connectivity index (χ4n) is 0.987. The number of carbonyl (C=O) groups is 1. The van der Waals surface area contributed by atoms with Crippen molar-refractivity contribution in [3.05, 3.63) is 0 Å². The Morgan fingerprint density at radius 1 is 1.31 bits per heavy atom. The number of hydrogen-bond donors (Lipinski definition) is 1. The highest BCUT2D eigenvalue weighted by Crippen LogP contribution is 2.12. The van der Waals surface area contributed by atoms with E-state index in [2.05, 4.69) is 0 Å². The minimum absolute atomic E-state index is 0.316. The largest absolute Gasteiger partial charge is 0.481 e. The fourth-order valence-corrected chi connectivity index (χ4v) is 0.987. The first kappa shape index (κ1) is 13.4. The van der Waals surface area contributed by atoms with Gasteiger partial charge in [-0.1, -0.05) is 13.3 Å². The van der Waals surface area contributed by atoms with E-state index < -0.39 is 5.97 Å². The van der Waals surface area contributed by atoms with Crippen molar-refractivity contribution in [1.29, 1.82) is 0 Å². The minimum Gasteiger partial charge on any atom is -0.481 e. The second-order valence-electron chi connectivity index (χ2n) is 3.95. The van der Waals surface area contributed by atoms with Crippen molar-refractivity contribution in [3.8, 4) is 0 Å². The third-order valence-corrected chi connectivity index (χ3v) is 2.16. The summed E-state index contributed by atoms with van der Waals surface area (Å²) in [6, 6.07) is 0. The molecule has 1 N–H and O–H groups in total. The summed E-state index contributed by atoms with van der Waals surface area (Å²) in [5.74, 6) is -0.693. The summed E-state index contributed by atoms with van der Waals surface area (Å²) in [5, 5.41) is 8.04. The molecular weight excluding hydrogens is 212 g/mol. The summed E-state index contributed by atoms with van der Waals surface area (Å²) in [6.45, 7) is 5.24. The lowest BCUT2D eigenvalue weighted by molar-refractivity contribution is -0.137. The highest BCUT2D eigenvalue weighted by Gasteiger charge is 2.26. The van der Waals surface area contributed by atoms with Gasteiger partial charge in [0.05, 0.1) is 26.4 Å². The summed E-state index contributed by atoms with van der Waals surface area (Å²) in [6.07, 6.45) is 2.87. The summed E-state index contributed by atoms with van der Waals surface area (Å²) in [5.41, 5.74) is 0. The van der Waals surface area contributed by atoms with Crippen molar-refractivity contribution in [1.82, 2.24) is 0 Å². The first-order valence-corrected chi connectivity index (χ1v) is 5.75. The lowest BCUT2D eigenvalue weighted by Gasteiger charge is -1.95. The molecular formula is C11H20O5. The molecule has 2 unspecified atom stereocenters. The SMILES string of the molecule is C(OCC1CO1)C1CO1.CCCCC(=O)O. The van der Waals surface area contributed by atoms with Crippen LogP contribution in [-0.2, 0) is 19.0 Å². The Bertz CT molecular complexity index is 187. The van der Waals surface area contributed by atoms with Crippen LogP contribution in [0.5, 0.6) is 0 Å². The maximum atomic E-state index is 9.76. The van der Waals surface area contributed by atoms with Crippen molar-refractivity contribution >= 4 is 5.97 Å². The second-order valence-corrected chi connectivity index (χ2v) is 3.95. The van der Waals surface area contributed by atoms with Gasteiger partial charge >= 0.3 is 5.97 Å². The summed E-state index contributed by atoms with van der Waals surface area (Å²) < 4.78 is 15.1. The molecule has 5 heteroatoms. The van der Waals surface area contributed by atoms with E-state index >= 15 is 0 Å². The average Bonchev–Trinajstić information content (AvgIpc) is 3.09. The third-order valence-electron chi connectivity index (χ3n) is 2.16. The Labute approximate surface area is 95.7 Å². The van der Waals surface area contributed by atoms with Crippen molar-refractivity contribution in [2.75, 3.05) is 26.4 Å². The molecule has 0 saturated carbocycles. The molecule has 0 aromatic carbocycles. The molecule has 0 aliphatic carbocycles. The van der Waals surface area contributed by atoms with Crippen molar-refractivity contribution < 1.29 is 24.1 Å². The Kier molecular flexibility index (Phi) is 6.37. The van der Waals surface area contributed by atoms with Crippen LogP contribution in [0.25, 0.3) is 0 Å². The molecule has 0 bridgehead atoms. The number of aliphatic carboxylic acids is 1. The molecule has 2 aliphatic heterocycles. The average molecular weight is 232 g/mol. The quantitative estimate of drug-likeness (QED) is 0.664. The van der Waals surface area contributed by atoms with Crippen molar-refractivity contribution in [2.45, 2.75) is 38.4 Å². The molecule has 2 heterocycles. The Hall–Kier alpha value is -0.650. The number of epoxide rings is 2. The maximum Gasteiger partial charge on any atom is 0.303 e. The molecule has 0 spiro atoms. The third kappa shape index (κ3) is 8.64. The van der Waals surface area contributed by atoms with E-state index in [1.807, 2.05) is 6.92 Å². The minimum atomic E-state index is -0.693. The van der Waals surface area contributed by atoms with E-state index in [-0.39, 0.29) is 0 Å². The van der Waals surface area contributed by atoms with E-state index in [4.69, 9.17) is 19.3 Å². The predicted molar refractivity (Wildman–Crippen MR) is 57.5 cm³/mol. The van der Waals surface area contributed by atoms with Gasteiger partial charge in [-0.25, -0.2) is 0 Å². The first-order chi connectivity index (χ1) is 7.72. The summed E-state index contributed by atoms with van der Waals surface area (Å²) in [7, 11) is 0. The van der Waals surface area contributed by atoms with Crippen LogP contribution in [0.4, 0.5) is 0 Å². The zero-order valence-corrected chi connectivity index (χ0v) is 9.68. The zero-order chi connectivity index (χ0) is 11.8. The van der Waals surface area contributed by atoms with Gasteiger partial charge in [-0.15, -0.1) is 0 Å². The molecule has 0 radical (unpaired) electrons. The van der Waals surface area contributed by atoms with E-state index in [0.717, 1.165) is 39.3 Å². The standard InChI is InChI=1S/C6H10O3.C5H10O2/c1(5-3-8-5)7-2-6-4-9-6;1-2-3-4-5(6)7/h5-6H,1-4H2;2-4H2,1H3,(H,6,7). The van der Waals surface area contributed by atoms with Gasteiger partial charge in [0.25, 0.3) is 0 Å². The zero-order valence-electron chi connectivity index (χ0n) is 9.68. The van der Waals surface area contributed by atoms with Crippen LogP contribution in [0.3, 0.4) is 0 Å². The van der Waals surface area contributed by atoms with Crippen LogP contribution in [0.1, 0.15) is 26.2 Å². The van der Waals surface area contributed by atoms with Crippen LogP contribution < -0.4 is 0 Å². The van der Waals surface area contributed by atoms with Crippen LogP contribution in [0, 0.1) is 0 Å². The van der Waals surface area contributed by atoms with E-state index in [1.165, 1.54) is 0 Å². The van der Waals surface area contributed by atoms with Crippen LogP contribution in [0.2, 0.25) is 0 Å². The van der Waals surface area contributed by atoms with Gasteiger partial charge in [0.2, 0.25) is 0 Å². The molecule has 5 nitrogen and oxygen atoms in total. The van der Waals surface area contributed by atoms with Gasteiger partial charge in [0.15, 0.2) is 0 Å². The smallest absolute Gasteiger partial charge is 0.303 e. The molecule has 0 amide bonds. The molecule has 2 saturated heterocycles. The van der Waals surface area contributed by atoms with E-state index in [0.29, 0.717) is 18.6 Å². The first-order valence-electron chi connectivity index (χ1n) is 5.75. The number of unbranched alkanes of at least 4 members (excludes halogenated alkanes) is 1. The predicted octanol–water partition coefficient (Wildman–Crippen LogP) is 1.06. The van der Waals surface area contributed by atoms with Gasteiger partial charge in [0, 0.05) is 6.42 Å². The molecule has 16 heavy (non-hydrogen) atoms. The van der Waals surface area contributed by atoms with Gasteiger partial charge in [0.1, 0.15) is 12.2 Å². The van der Waals surface area contributed by atoms with Gasteiger partial charge in [-0.2, -0.15) is 0 Å². The summed E-state index contributed by atoms with van der Waals surface area (Å²) >= 11 is 0. The van der Waals surface area contributed by atoms with Crippen LogP contribution >= 0.6 is 0 Å². The van der Waals surface area contributed by atoms with Crippen LogP contribution in [-0.4, -0.2) is 49.7 Å². The monoisotopic (exact) mass is 232 g/mol. The van der Waals surface area contributed by atoms with Crippen molar-refractivity contribution in [3.63, 3.8) is 0 Å². The Balaban J connectivity index is 0.000000168. The molecule has 94 valence electrons. The Morgan fingerprint density at radius 3 is 2.06 bits per heavy atom. The highest BCUT2D eigenvalue weighted by molar-refractivity contribution is 5.66. The number of hydrogen-bond acceptors (Lipinski definition) is 4. The number of carboxylic acids is 1. The Morgan fingerprint density at radius 2 is 1.81 bits per heavy atom. The molecule has 2 rings (SSSR count). The summed E-state index contributed by atoms with van der Waals surface area (Å²) in [4.78, 5) is 9.76. The lowest BCUT2D eigenvalue weighted by Crippen LogP contribution is -2.06. The number of rotatable bonds is 7. The van der Waals surface area contributed by atoms with Crippen molar-refractivity contribution in [2.24, 2.45) is 0 Å². The molecule has 2 fully saturated rings. The molecule has 2 atom stereocenters. The molecule has 0 aromatic rings. The lowest BCUT2D eigenvalue weighted by atomic mass is 10.3. The van der Waals surface area contributed by atoms with Crippen LogP contribution in [0.15, 0.2) is 0 Å². The highest BCUT2D eigenvalue weighted by atomic mass is 16.6. The maximum absolute atomic E-state index is 9.76. The molecule has 0 aromatic heterocycles. The number of carboxylic acid groups (broad SMARTS) is 1. The van der Waals surface area contributed by atoms with Gasteiger partial charge in [-0.3, -0.25) is 4.79 Å². The normalized spacial score (nSPS) is 25.6. The molecule has 2 aliphatic rings. The van der Waals surface area contributed by atoms with Gasteiger partial charge < -0.3 is 19.3 Å². The van der Waals surface area contributed by atoms with E-state index in [1.54, 1.807) is 0 Å². The van der Waals surface area contributed by atoms with Gasteiger partial charge in [-0.05, 0) is 6.42 Å². The topological polar surface area (TPSA) is 71.6 Å².